The average Bonchev–Trinajstić information content (AvgIpc) is 2.98. The van der Waals surface area contributed by atoms with Crippen molar-refractivity contribution in [2.75, 3.05) is 18.5 Å². The minimum absolute atomic E-state index is 0.141. The Balaban J connectivity index is 1.94. The van der Waals surface area contributed by atoms with Crippen LogP contribution < -0.4 is 5.32 Å². The lowest BCUT2D eigenvalue weighted by molar-refractivity contribution is 0.253. The smallest absolute Gasteiger partial charge is 0.166 e. The average molecular weight is 245 g/mol. The highest BCUT2D eigenvalue weighted by atomic mass is 35.5. The zero-order valence-electron chi connectivity index (χ0n) is 8.84. The topological polar surface area (TPSA) is 45.1 Å². The molecule has 0 radical (unpaired) electrons. The van der Waals surface area contributed by atoms with Crippen LogP contribution in [-0.4, -0.2) is 23.2 Å². The van der Waals surface area contributed by atoms with Crippen molar-refractivity contribution in [2.24, 2.45) is 5.41 Å². The van der Waals surface area contributed by atoms with Crippen molar-refractivity contribution < 1.29 is 9.50 Å². The molecule has 88 valence electrons. The highest BCUT2D eigenvalue weighted by Gasteiger charge is 2.41. The number of aliphatic hydroxyl groups is 1. The molecule has 2 N–H and O–H groups in total. The Hall–Kier alpha value is -0.870. The van der Waals surface area contributed by atoms with E-state index in [4.69, 9.17) is 16.7 Å². The molecule has 5 heteroatoms. The molecule has 1 aliphatic rings. The summed E-state index contributed by atoms with van der Waals surface area (Å²) < 4.78 is 13.4. The Morgan fingerprint density at radius 2 is 2.31 bits per heavy atom. The number of halogens is 2. The van der Waals surface area contributed by atoms with Gasteiger partial charge in [-0.25, -0.2) is 9.37 Å². The molecule has 0 bridgehead atoms. The van der Waals surface area contributed by atoms with Crippen molar-refractivity contribution in [2.45, 2.75) is 19.3 Å². The minimum atomic E-state index is -0.438. The SMILES string of the molecule is OCCC1(CNc2ncc(Cl)cc2F)CC1. The maximum atomic E-state index is 13.4. The van der Waals surface area contributed by atoms with E-state index in [1.807, 2.05) is 0 Å². The van der Waals surface area contributed by atoms with Crippen LogP contribution >= 0.6 is 11.6 Å². The van der Waals surface area contributed by atoms with Crippen molar-refractivity contribution in [1.29, 1.82) is 0 Å². The van der Waals surface area contributed by atoms with E-state index in [1.165, 1.54) is 12.3 Å². The molecule has 0 amide bonds. The molecule has 1 saturated carbocycles. The molecule has 0 unspecified atom stereocenters. The van der Waals surface area contributed by atoms with E-state index in [0.717, 1.165) is 19.3 Å². The highest BCUT2D eigenvalue weighted by molar-refractivity contribution is 6.30. The predicted molar refractivity (Wildman–Crippen MR) is 61.1 cm³/mol. The maximum Gasteiger partial charge on any atom is 0.166 e. The van der Waals surface area contributed by atoms with Gasteiger partial charge < -0.3 is 10.4 Å². The van der Waals surface area contributed by atoms with Crippen LogP contribution in [0.15, 0.2) is 12.3 Å². The molecule has 16 heavy (non-hydrogen) atoms. The van der Waals surface area contributed by atoms with E-state index >= 15 is 0 Å². The molecule has 1 fully saturated rings. The predicted octanol–water partition coefficient (Wildman–Crippen LogP) is 2.45. The van der Waals surface area contributed by atoms with Crippen LogP contribution in [0.1, 0.15) is 19.3 Å². The van der Waals surface area contributed by atoms with Crippen LogP contribution in [-0.2, 0) is 0 Å². The van der Waals surface area contributed by atoms with E-state index < -0.39 is 5.82 Å². The molecule has 1 aromatic heterocycles. The molecular formula is C11H14ClFN2O. The van der Waals surface area contributed by atoms with E-state index in [1.54, 1.807) is 0 Å². The number of nitrogens with zero attached hydrogens (tertiary/aromatic N) is 1. The summed E-state index contributed by atoms with van der Waals surface area (Å²) in [4.78, 5) is 3.89. The lowest BCUT2D eigenvalue weighted by Gasteiger charge is -2.15. The normalized spacial score (nSPS) is 17.2. The number of nitrogens with one attached hydrogen (secondary N) is 1. The summed E-state index contributed by atoms with van der Waals surface area (Å²) in [5.41, 5.74) is 0.141. The highest BCUT2D eigenvalue weighted by Crippen LogP contribution is 2.48. The van der Waals surface area contributed by atoms with E-state index in [2.05, 4.69) is 10.3 Å². The number of pyridine rings is 1. The quantitative estimate of drug-likeness (QED) is 0.836. The fourth-order valence-electron chi connectivity index (χ4n) is 1.74. The van der Waals surface area contributed by atoms with Crippen molar-refractivity contribution in [3.8, 4) is 0 Å². The van der Waals surface area contributed by atoms with Gasteiger partial charge in [0.05, 0.1) is 5.02 Å². The van der Waals surface area contributed by atoms with Crippen molar-refractivity contribution >= 4 is 17.4 Å². The summed E-state index contributed by atoms with van der Waals surface area (Å²) in [5.74, 6) is -0.207. The zero-order valence-corrected chi connectivity index (χ0v) is 9.60. The maximum absolute atomic E-state index is 13.4. The molecule has 0 saturated heterocycles. The van der Waals surface area contributed by atoms with Crippen LogP contribution in [0.3, 0.4) is 0 Å². The Morgan fingerprint density at radius 3 is 2.88 bits per heavy atom. The summed E-state index contributed by atoms with van der Waals surface area (Å²) in [5, 5.41) is 12.2. The second-order valence-corrected chi connectivity index (χ2v) is 4.75. The van der Waals surface area contributed by atoms with E-state index in [0.29, 0.717) is 11.6 Å². The van der Waals surface area contributed by atoms with Gasteiger partial charge in [-0.05, 0) is 30.7 Å². The van der Waals surface area contributed by atoms with Gasteiger partial charge in [0.25, 0.3) is 0 Å². The molecular weight excluding hydrogens is 231 g/mol. The first-order valence-corrected chi connectivity index (χ1v) is 5.69. The summed E-state index contributed by atoms with van der Waals surface area (Å²) in [6.07, 6.45) is 4.33. The van der Waals surface area contributed by atoms with Gasteiger partial charge in [-0.15, -0.1) is 0 Å². The molecule has 3 nitrogen and oxygen atoms in total. The number of rotatable bonds is 5. The summed E-state index contributed by atoms with van der Waals surface area (Å²) in [7, 11) is 0. The fourth-order valence-corrected chi connectivity index (χ4v) is 1.89. The number of aliphatic hydroxyl groups excluding tert-OH is 1. The Bertz CT molecular complexity index is 382. The van der Waals surface area contributed by atoms with Gasteiger partial charge >= 0.3 is 0 Å². The number of hydrogen-bond donors (Lipinski definition) is 2. The monoisotopic (exact) mass is 244 g/mol. The van der Waals surface area contributed by atoms with Gasteiger partial charge in [0.2, 0.25) is 0 Å². The van der Waals surface area contributed by atoms with Crippen molar-refractivity contribution in [3.63, 3.8) is 0 Å². The molecule has 1 heterocycles. The Morgan fingerprint density at radius 1 is 1.56 bits per heavy atom. The molecule has 0 aromatic carbocycles. The number of anilines is 1. The third kappa shape index (κ3) is 2.62. The van der Waals surface area contributed by atoms with Crippen LogP contribution in [0.4, 0.5) is 10.2 Å². The minimum Gasteiger partial charge on any atom is -0.396 e. The van der Waals surface area contributed by atoms with E-state index in [-0.39, 0.29) is 17.8 Å². The van der Waals surface area contributed by atoms with Gasteiger partial charge in [0.15, 0.2) is 11.6 Å². The Labute approximate surface area is 98.6 Å². The summed E-state index contributed by atoms with van der Waals surface area (Å²) in [6.45, 7) is 0.831. The molecule has 0 aliphatic heterocycles. The first-order chi connectivity index (χ1) is 7.65. The zero-order chi connectivity index (χ0) is 11.6. The van der Waals surface area contributed by atoms with Crippen molar-refractivity contribution in [1.82, 2.24) is 4.98 Å². The molecule has 2 rings (SSSR count). The van der Waals surface area contributed by atoms with Crippen LogP contribution in [0.5, 0.6) is 0 Å². The van der Waals surface area contributed by atoms with Crippen LogP contribution in [0, 0.1) is 11.2 Å². The van der Waals surface area contributed by atoms with Gasteiger partial charge in [0, 0.05) is 19.3 Å². The second kappa shape index (κ2) is 4.55. The lowest BCUT2D eigenvalue weighted by atomic mass is 10.0. The molecule has 0 spiro atoms. The van der Waals surface area contributed by atoms with E-state index in [9.17, 15) is 4.39 Å². The van der Waals surface area contributed by atoms with Gasteiger partial charge in [-0.2, -0.15) is 0 Å². The van der Waals surface area contributed by atoms with Gasteiger partial charge in [0.1, 0.15) is 0 Å². The largest absolute Gasteiger partial charge is 0.396 e. The van der Waals surface area contributed by atoms with Crippen LogP contribution in [0.2, 0.25) is 5.02 Å². The second-order valence-electron chi connectivity index (χ2n) is 4.31. The van der Waals surface area contributed by atoms with Crippen molar-refractivity contribution in [3.05, 3.63) is 23.1 Å². The van der Waals surface area contributed by atoms with Gasteiger partial charge in [-0.3, -0.25) is 0 Å². The third-order valence-electron chi connectivity index (χ3n) is 3.04. The molecule has 0 atom stereocenters. The lowest BCUT2D eigenvalue weighted by Crippen LogP contribution is -2.18. The first kappa shape index (κ1) is 11.6. The van der Waals surface area contributed by atoms with Gasteiger partial charge in [-0.1, -0.05) is 11.6 Å². The summed E-state index contributed by atoms with van der Waals surface area (Å²) >= 11 is 5.61. The molecule has 1 aliphatic carbocycles. The number of hydrogen-bond acceptors (Lipinski definition) is 3. The Kier molecular flexibility index (Phi) is 3.30. The summed E-state index contributed by atoms with van der Waals surface area (Å²) in [6, 6.07) is 1.24. The third-order valence-corrected chi connectivity index (χ3v) is 3.24. The number of aromatic nitrogens is 1. The fraction of sp³-hybridized carbons (Fsp3) is 0.545. The standard InChI is InChI=1S/C11H14ClFN2O/c12-8-5-9(13)10(14-6-8)15-7-11(1-2-11)3-4-16/h5-6,16H,1-4,7H2,(H,14,15). The first-order valence-electron chi connectivity index (χ1n) is 5.31. The molecule has 1 aromatic rings. The van der Waals surface area contributed by atoms with Crippen LogP contribution in [0.25, 0.3) is 0 Å².